The van der Waals surface area contributed by atoms with E-state index in [2.05, 4.69) is 20.2 Å². The molecule has 7 nitrogen and oxygen atoms in total. The number of aromatic nitrogens is 3. The number of amides is 1. The van der Waals surface area contributed by atoms with Crippen molar-refractivity contribution in [2.24, 2.45) is 0 Å². The molecule has 4 rings (SSSR count). The summed E-state index contributed by atoms with van der Waals surface area (Å²) in [4.78, 5) is 35.7. The first kappa shape index (κ1) is 17.9. The van der Waals surface area contributed by atoms with E-state index in [1.165, 1.54) is 40.4 Å². The van der Waals surface area contributed by atoms with E-state index in [0.717, 1.165) is 29.7 Å². The summed E-state index contributed by atoms with van der Waals surface area (Å²) in [5.41, 5.74) is 0.440. The highest BCUT2D eigenvalue weighted by atomic mass is 32.2. The Morgan fingerprint density at radius 1 is 1.30 bits per heavy atom. The zero-order valence-corrected chi connectivity index (χ0v) is 15.9. The van der Waals surface area contributed by atoms with Crippen LogP contribution in [0.5, 0.6) is 0 Å². The Morgan fingerprint density at radius 3 is 2.89 bits per heavy atom. The van der Waals surface area contributed by atoms with Crippen LogP contribution in [0.3, 0.4) is 0 Å². The van der Waals surface area contributed by atoms with Gasteiger partial charge in [-0.15, -0.1) is 0 Å². The molecule has 0 atom stereocenters. The van der Waals surface area contributed by atoms with Gasteiger partial charge in [0.1, 0.15) is 23.4 Å². The molecule has 10 heteroatoms. The first-order valence-electron chi connectivity index (χ1n) is 8.34. The van der Waals surface area contributed by atoms with E-state index in [9.17, 15) is 14.0 Å². The van der Waals surface area contributed by atoms with Gasteiger partial charge in [-0.05, 0) is 18.2 Å². The zero-order chi connectivity index (χ0) is 18.8. The average Bonchev–Trinajstić information content (AvgIpc) is 3.10. The van der Waals surface area contributed by atoms with Gasteiger partial charge in [0.05, 0.1) is 0 Å². The van der Waals surface area contributed by atoms with Gasteiger partial charge in [-0.3, -0.25) is 14.2 Å². The van der Waals surface area contributed by atoms with Crippen molar-refractivity contribution in [1.29, 1.82) is 0 Å². The summed E-state index contributed by atoms with van der Waals surface area (Å²) in [5.74, 6) is 1.20. The van der Waals surface area contributed by atoms with Gasteiger partial charge >= 0.3 is 0 Å². The van der Waals surface area contributed by atoms with E-state index >= 15 is 0 Å². The van der Waals surface area contributed by atoms with E-state index in [4.69, 9.17) is 0 Å². The average molecular weight is 405 g/mol. The number of thioether (sulfide) groups is 1. The Hall–Kier alpha value is -2.46. The van der Waals surface area contributed by atoms with Crippen molar-refractivity contribution < 1.29 is 9.18 Å². The molecule has 3 aromatic rings. The van der Waals surface area contributed by atoms with E-state index in [1.807, 2.05) is 11.8 Å². The lowest BCUT2D eigenvalue weighted by atomic mass is 10.3. The van der Waals surface area contributed by atoms with E-state index in [0.29, 0.717) is 16.0 Å². The summed E-state index contributed by atoms with van der Waals surface area (Å²) in [5, 5.41) is 3.36. The second kappa shape index (κ2) is 7.65. The first-order valence-corrected chi connectivity index (χ1v) is 10.3. The number of anilines is 2. The summed E-state index contributed by atoms with van der Waals surface area (Å²) in [6, 6.07) is 5.59. The third kappa shape index (κ3) is 3.96. The Labute approximate surface area is 162 Å². The van der Waals surface area contributed by atoms with E-state index < -0.39 is 11.7 Å². The molecule has 0 bridgehead atoms. The van der Waals surface area contributed by atoms with Crippen LogP contribution in [0.15, 0.2) is 35.4 Å². The molecule has 1 amide bonds. The monoisotopic (exact) mass is 405 g/mol. The number of hydrogen-bond acceptors (Lipinski definition) is 7. The fourth-order valence-corrected chi connectivity index (χ4v) is 4.68. The zero-order valence-electron chi connectivity index (χ0n) is 14.2. The van der Waals surface area contributed by atoms with Gasteiger partial charge in [0.2, 0.25) is 5.91 Å². The molecule has 0 unspecified atom stereocenters. The maximum Gasteiger partial charge on any atom is 0.273 e. The fourth-order valence-electron chi connectivity index (χ4n) is 2.76. The number of nitrogens with one attached hydrogen (secondary N) is 1. The van der Waals surface area contributed by atoms with E-state index in [-0.39, 0.29) is 12.1 Å². The van der Waals surface area contributed by atoms with Gasteiger partial charge in [0.15, 0.2) is 10.8 Å². The fraction of sp³-hybridized carbons (Fsp3) is 0.294. The van der Waals surface area contributed by atoms with Crippen LogP contribution >= 0.6 is 23.1 Å². The number of rotatable bonds is 4. The molecule has 1 saturated heterocycles. The highest BCUT2D eigenvalue weighted by Gasteiger charge is 2.18. The highest BCUT2D eigenvalue weighted by molar-refractivity contribution is 7.99. The lowest BCUT2D eigenvalue weighted by molar-refractivity contribution is -0.116. The third-order valence-electron chi connectivity index (χ3n) is 4.08. The minimum absolute atomic E-state index is 0.203. The number of thiazole rings is 1. The van der Waals surface area contributed by atoms with Gasteiger partial charge in [-0.1, -0.05) is 17.4 Å². The number of carbonyl (C=O) groups is 1. The molecular weight excluding hydrogens is 389 g/mol. The largest absolute Gasteiger partial charge is 0.346 e. The van der Waals surface area contributed by atoms with Crippen LogP contribution in [0.25, 0.3) is 10.3 Å². The van der Waals surface area contributed by atoms with Crippen molar-refractivity contribution in [3.63, 3.8) is 0 Å². The lowest BCUT2D eigenvalue weighted by Gasteiger charge is -2.25. The maximum atomic E-state index is 13.2. The van der Waals surface area contributed by atoms with Crippen LogP contribution in [0.2, 0.25) is 0 Å². The minimum Gasteiger partial charge on any atom is -0.346 e. The maximum absolute atomic E-state index is 13.2. The van der Waals surface area contributed by atoms with Crippen LogP contribution in [0.1, 0.15) is 0 Å². The van der Waals surface area contributed by atoms with Crippen LogP contribution in [-0.4, -0.2) is 45.0 Å². The predicted molar refractivity (Wildman–Crippen MR) is 106 cm³/mol. The number of nitrogens with zero attached hydrogens (tertiary/aromatic N) is 4. The van der Waals surface area contributed by atoms with Gasteiger partial charge < -0.3 is 10.2 Å². The quantitative estimate of drug-likeness (QED) is 0.717. The lowest BCUT2D eigenvalue weighted by Crippen LogP contribution is -2.32. The summed E-state index contributed by atoms with van der Waals surface area (Å²) in [6.07, 6.45) is 1.32. The molecule has 0 aliphatic carbocycles. The van der Waals surface area contributed by atoms with Crippen LogP contribution in [0, 0.1) is 5.82 Å². The number of carbonyl (C=O) groups excluding carboxylic acids is 1. The molecule has 1 fully saturated rings. The minimum atomic E-state index is -0.443. The molecule has 27 heavy (non-hydrogen) atoms. The number of benzene rings is 1. The molecule has 1 aliphatic heterocycles. The Bertz CT molecular complexity index is 1050. The third-order valence-corrected chi connectivity index (χ3v) is 6.11. The van der Waals surface area contributed by atoms with Crippen molar-refractivity contribution in [3.05, 3.63) is 46.8 Å². The highest BCUT2D eigenvalue weighted by Crippen LogP contribution is 2.27. The Morgan fingerprint density at radius 2 is 2.11 bits per heavy atom. The SMILES string of the molecule is O=C(Cn1cnc2nc(N3CCSCC3)sc2c1=O)Nc1cccc(F)c1. The van der Waals surface area contributed by atoms with Crippen LogP contribution < -0.4 is 15.8 Å². The summed E-state index contributed by atoms with van der Waals surface area (Å²) in [6.45, 7) is 1.59. The normalized spacial score (nSPS) is 14.5. The van der Waals surface area contributed by atoms with Crippen LogP contribution in [-0.2, 0) is 11.3 Å². The summed E-state index contributed by atoms with van der Waals surface area (Å²) in [7, 11) is 0. The molecule has 0 radical (unpaired) electrons. The molecule has 3 heterocycles. The Kier molecular flexibility index (Phi) is 5.08. The first-order chi connectivity index (χ1) is 13.1. The topological polar surface area (TPSA) is 80.1 Å². The predicted octanol–water partition coefficient (Wildman–Crippen LogP) is 2.18. The van der Waals surface area contributed by atoms with Gasteiger partial charge in [0, 0.05) is 30.3 Å². The Balaban J connectivity index is 1.54. The molecule has 0 saturated carbocycles. The molecule has 1 aliphatic rings. The van der Waals surface area contributed by atoms with Gasteiger partial charge in [-0.25, -0.2) is 9.37 Å². The number of fused-ring (bicyclic) bond motifs is 1. The molecule has 140 valence electrons. The molecular formula is C17H16FN5O2S2. The second-order valence-electron chi connectivity index (χ2n) is 5.98. The van der Waals surface area contributed by atoms with Crippen molar-refractivity contribution in [3.8, 4) is 0 Å². The standard InChI is InChI=1S/C17H16FN5O2S2/c18-11-2-1-3-12(8-11)20-13(24)9-23-10-19-15-14(16(23)25)27-17(21-15)22-4-6-26-7-5-22/h1-3,8,10H,4-7,9H2,(H,20,24). The summed E-state index contributed by atoms with van der Waals surface area (Å²) >= 11 is 3.21. The molecule has 1 N–H and O–H groups in total. The summed E-state index contributed by atoms with van der Waals surface area (Å²) < 4.78 is 14.9. The van der Waals surface area contributed by atoms with Crippen LogP contribution in [0.4, 0.5) is 15.2 Å². The number of halogens is 1. The van der Waals surface area contributed by atoms with Gasteiger partial charge in [0.25, 0.3) is 5.56 Å². The molecule has 1 aromatic carbocycles. The van der Waals surface area contributed by atoms with Crippen molar-refractivity contribution in [1.82, 2.24) is 14.5 Å². The van der Waals surface area contributed by atoms with Crippen molar-refractivity contribution >= 4 is 50.2 Å². The van der Waals surface area contributed by atoms with Gasteiger partial charge in [-0.2, -0.15) is 16.7 Å². The molecule has 2 aromatic heterocycles. The molecule has 0 spiro atoms. The number of hydrogen-bond donors (Lipinski definition) is 1. The van der Waals surface area contributed by atoms with Crippen molar-refractivity contribution in [2.75, 3.05) is 34.8 Å². The second-order valence-corrected chi connectivity index (χ2v) is 8.19. The smallest absolute Gasteiger partial charge is 0.273 e. The van der Waals surface area contributed by atoms with E-state index in [1.54, 1.807) is 6.07 Å². The van der Waals surface area contributed by atoms with Crippen molar-refractivity contribution in [2.45, 2.75) is 6.54 Å².